The molecule has 3 heteroatoms. The van der Waals surface area contributed by atoms with Gasteiger partial charge in [0.2, 0.25) is 0 Å². The number of hydrogen-bond acceptors (Lipinski definition) is 3. The lowest BCUT2D eigenvalue weighted by atomic mass is 9.88. The van der Waals surface area contributed by atoms with Gasteiger partial charge in [-0.15, -0.1) is 0 Å². The Labute approximate surface area is 84.4 Å². The number of aliphatic hydroxyl groups is 2. The van der Waals surface area contributed by atoms with E-state index in [1.807, 2.05) is 13.8 Å². The largest absolute Gasteiger partial charge is 0.469 e. The summed E-state index contributed by atoms with van der Waals surface area (Å²) in [6.07, 6.45) is 2.27. The third-order valence-corrected chi connectivity index (χ3v) is 2.82. The van der Waals surface area contributed by atoms with E-state index in [0.29, 0.717) is 25.0 Å². The SMILES string of the molecule is CCC(O)(CC)C(O)Cc1ccco1. The highest BCUT2D eigenvalue weighted by Gasteiger charge is 2.32. The molecule has 14 heavy (non-hydrogen) atoms. The molecule has 0 radical (unpaired) electrons. The van der Waals surface area contributed by atoms with E-state index < -0.39 is 11.7 Å². The number of hydrogen-bond donors (Lipinski definition) is 2. The second-order valence-electron chi connectivity index (χ2n) is 3.61. The van der Waals surface area contributed by atoms with Gasteiger partial charge in [0.15, 0.2) is 0 Å². The summed E-state index contributed by atoms with van der Waals surface area (Å²) in [5.41, 5.74) is -0.993. The van der Waals surface area contributed by atoms with Gasteiger partial charge in [0.25, 0.3) is 0 Å². The second-order valence-corrected chi connectivity index (χ2v) is 3.61. The van der Waals surface area contributed by atoms with Gasteiger partial charge >= 0.3 is 0 Å². The fourth-order valence-corrected chi connectivity index (χ4v) is 1.53. The highest BCUT2D eigenvalue weighted by atomic mass is 16.3. The fraction of sp³-hybridized carbons (Fsp3) is 0.636. The lowest BCUT2D eigenvalue weighted by Gasteiger charge is -2.30. The Hall–Kier alpha value is -0.800. The highest BCUT2D eigenvalue weighted by molar-refractivity contribution is 5.02. The van der Waals surface area contributed by atoms with Gasteiger partial charge in [0.1, 0.15) is 5.76 Å². The van der Waals surface area contributed by atoms with Crippen molar-refractivity contribution in [1.82, 2.24) is 0 Å². The van der Waals surface area contributed by atoms with Crippen molar-refractivity contribution in [2.24, 2.45) is 0 Å². The van der Waals surface area contributed by atoms with Gasteiger partial charge in [-0.25, -0.2) is 0 Å². The maximum atomic E-state index is 10.0. The molecule has 0 fully saturated rings. The lowest BCUT2D eigenvalue weighted by Crippen LogP contribution is -2.42. The standard InChI is InChI=1S/C11H18O3/c1-3-11(13,4-2)10(12)8-9-6-5-7-14-9/h5-7,10,12-13H,3-4,8H2,1-2H3. The summed E-state index contributed by atoms with van der Waals surface area (Å²) in [7, 11) is 0. The van der Waals surface area contributed by atoms with Crippen molar-refractivity contribution in [3.8, 4) is 0 Å². The van der Waals surface area contributed by atoms with Crippen LogP contribution in [0.5, 0.6) is 0 Å². The average molecular weight is 198 g/mol. The first-order chi connectivity index (χ1) is 6.62. The zero-order chi connectivity index (χ0) is 10.6. The molecule has 1 aromatic rings. The van der Waals surface area contributed by atoms with Crippen LogP contribution in [0.1, 0.15) is 32.4 Å². The number of aliphatic hydroxyl groups excluding tert-OH is 1. The quantitative estimate of drug-likeness (QED) is 0.757. The molecule has 0 spiro atoms. The summed E-state index contributed by atoms with van der Waals surface area (Å²) in [4.78, 5) is 0. The average Bonchev–Trinajstić information content (AvgIpc) is 2.69. The minimum Gasteiger partial charge on any atom is -0.469 e. The topological polar surface area (TPSA) is 53.6 Å². The zero-order valence-corrected chi connectivity index (χ0v) is 8.73. The molecule has 0 saturated carbocycles. The van der Waals surface area contributed by atoms with Crippen LogP contribution < -0.4 is 0 Å². The summed E-state index contributed by atoms with van der Waals surface area (Å²) < 4.78 is 5.12. The van der Waals surface area contributed by atoms with E-state index in [0.717, 1.165) is 0 Å². The number of rotatable bonds is 5. The maximum Gasteiger partial charge on any atom is 0.106 e. The monoisotopic (exact) mass is 198 g/mol. The lowest BCUT2D eigenvalue weighted by molar-refractivity contribution is -0.0806. The molecule has 0 saturated heterocycles. The Morgan fingerprint density at radius 2 is 2.07 bits per heavy atom. The van der Waals surface area contributed by atoms with Gasteiger partial charge in [-0.05, 0) is 25.0 Å². The van der Waals surface area contributed by atoms with Crippen LogP contribution in [0.2, 0.25) is 0 Å². The molecule has 2 N–H and O–H groups in total. The predicted molar refractivity (Wildman–Crippen MR) is 54.0 cm³/mol. The molecule has 0 aliphatic heterocycles. The highest BCUT2D eigenvalue weighted by Crippen LogP contribution is 2.22. The van der Waals surface area contributed by atoms with Gasteiger partial charge in [0.05, 0.1) is 18.0 Å². The van der Waals surface area contributed by atoms with Crippen LogP contribution in [-0.2, 0) is 6.42 Å². The van der Waals surface area contributed by atoms with Crippen molar-refractivity contribution in [1.29, 1.82) is 0 Å². The van der Waals surface area contributed by atoms with Gasteiger partial charge in [0, 0.05) is 6.42 Å². The Bertz CT molecular complexity index is 250. The molecule has 80 valence electrons. The third-order valence-electron chi connectivity index (χ3n) is 2.82. The van der Waals surface area contributed by atoms with Crippen LogP contribution in [0.4, 0.5) is 0 Å². The summed E-state index contributed by atoms with van der Waals surface area (Å²) in [5.74, 6) is 0.706. The smallest absolute Gasteiger partial charge is 0.106 e. The molecule has 1 rings (SSSR count). The van der Waals surface area contributed by atoms with Crippen LogP contribution in [0.15, 0.2) is 22.8 Å². The molecule has 1 atom stereocenters. The Kier molecular flexibility index (Phi) is 3.72. The van der Waals surface area contributed by atoms with Crippen LogP contribution in [0, 0.1) is 0 Å². The molecular formula is C11H18O3. The van der Waals surface area contributed by atoms with Gasteiger partial charge in [-0.2, -0.15) is 0 Å². The molecule has 0 aromatic carbocycles. The van der Waals surface area contributed by atoms with E-state index in [-0.39, 0.29) is 0 Å². The van der Waals surface area contributed by atoms with Crippen molar-refractivity contribution in [2.75, 3.05) is 0 Å². The summed E-state index contributed by atoms with van der Waals surface area (Å²) in [6, 6.07) is 3.58. The first kappa shape index (κ1) is 11.3. The molecule has 0 amide bonds. The van der Waals surface area contributed by atoms with Crippen molar-refractivity contribution in [3.63, 3.8) is 0 Å². The molecule has 3 nitrogen and oxygen atoms in total. The third kappa shape index (κ3) is 2.36. The molecule has 0 aliphatic rings. The number of furan rings is 1. The molecule has 1 aromatic heterocycles. The first-order valence-corrected chi connectivity index (χ1v) is 5.05. The van der Waals surface area contributed by atoms with Gasteiger partial charge in [-0.3, -0.25) is 0 Å². The maximum absolute atomic E-state index is 10.0. The minimum absolute atomic E-state index is 0.366. The Morgan fingerprint density at radius 1 is 1.43 bits per heavy atom. The van der Waals surface area contributed by atoms with Crippen molar-refractivity contribution >= 4 is 0 Å². The molecule has 1 heterocycles. The normalized spacial score (nSPS) is 14.3. The first-order valence-electron chi connectivity index (χ1n) is 5.05. The van der Waals surface area contributed by atoms with E-state index in [4.69, 9.17) is 4.42 Å². The van der Waals surface area contributed by atoms with Crippen LogP contribution >= 0.6 is 0 Å². The summed E-state index contributed by atoms with van der Waals surface area (Å²) in [5, 5.41) is 19.8. The summed E-state index contributed by atoms with van der Waals surface area (Å²) in [6.45, 7) is 3.74. The molecule has 0 aliphatic carbocycles. The minimum atomic E-state index is -0.993. The van der Waals surface area contributed by atoms with E-state index in [9.17, 15) is 10.2 Å². The van der Waals surface area contributed by atoms with Gasteiger partial charge < -0.3 is 14.6 Å². The van der Waals surface area contributed by atoms with Crippen LogP contribution in [0.25, 0.3) is 0 Å². The second kappa shape index (κ2) is 4.62. The van der Waals surface area contributed by atoms with Crippen LogP contribution in [-0.4, -0.2) is 21.9 Å². The van der Waals surface area contributed by atoms with Crippen molar-refractivity contribution in [2.45, 2.75) is 44.8 Å². The molecular weight excluding hydrogens is 180 g/mol. The predicted octanol–water partition coefficient (Wildman–Crippen LogP) is 1.73. The van der Waals surface area contributed by atoms with E-state index in [1.54, 1.807) is 18.4 Å². The van der Waals surface area contributed by atoms with Crippen molar-refractivity contribution < 1.29 is 14.6 Å². The van der Waals surface area contributed by atoms with E-state index in [1.165, 1.54) is 0 Å². The van der Waals surface area contributed by atoms with Gasteiger partial charge in [-0.1, -0.05) is 13.8 Å². The van der Waals surface area contributed by atoms with Crippen molar-refractivity contribution in [3.05, 3.63) is 24.2 Å². The van der Waals surface area contributed by atoms with E-state index >= 15 is 0 Å². The molecule has 0 bridgehead atoms. The van der Waals surface area contributed by atoms with Crippen LogP contribution in [0.3, 0.4) is 0 Å². The zero-order valence-electron chi connectivity index (χ0n) is 8.73. The van der Waals surface area contributed by atoms with E-state index in [2.05, 4.69) is 0 Å². The Morgan fingerprint density at radius 3 is 2.50 bits per heavy atom. The fourth-order valence-electron chi connectivity index (χ4n) is 1.53. The summed E-state index contributed by atoms with van der Waals surface area (Å²) >= 11 is 0. The molecule has 1 unspecified atom stereocenters. The Balaban J connectivity index is 2.60.